The molecule has 0 aromatic heterocycles. The van der Waals surface area contributed by atoms with E-state index in [0.29, 0.717) is 0 Å². The second kappa shape index (κ2) is 4.72. The summed E-state index contributed by atoms with van der Waals surface area (Å²) >= 11 is 0. The maximum atomic E-state index is 12.3. The van der Waals surface area contributed by atoms with Gasteiger partial charge in [0.1, 0.15) is 5.82 Å². The number of primary amides is 1. The summed E-state index contributed by atoms with van der Waals surface area (Å²) in [6.45, 7) is 0. The molecule has 12 heavy (non-hydrogen) atoms. The van der Waals surface area contributed by atoms with Gasteiger partial charge in [0.2, 0.25) is 5.91 Å². The number of hydrogen-bond acceptors (Lipinski definition) is 1. The third-order valence-corrected chi connectivity index (χ3v) is 1.29. The van der Waals surface area contributed by atoms with E-state index >= 15 is 0 Å². The van der Waals surface area contributed by atoms with E-state index in [2.05, 4.69) is 0 Å². The van der Waals surface area contributed by atoms with Gasteiger partial charge in [0.15, 0.2) is 0 Å². The van der Waals surface area contributed by atoms with Crippen LogP contribution in [-0.4, -0.2) is 5.91 Å². The monoisotopic (exact) mass is 189 g/mol. The lowest BCUT2D eigenvalue weighted by atomic mass is 10.1. The van der Waals surface area contributed by atoms with Gasteiger partial charge in [-0.05, 0) is 17.7 Å². The highest BCUT2D eigenvalue weighted by molar-refractivity contribution is 5.85. The Morgan fingerprint density at radius 1 is 1.33 bits per heavy atom. The molecule has 0 atom stereocenters. The van der Waals surface area contributed by atoms with Crippen molar-refractivity contribution < 1.29 is 9.18 Å². The molecule has 4 heteroatoms. The number of carbonyl (C=O) groups is 1. The number of rotatable bonds is 2. The molecule has 66 valence electrons. The Bertz CT molecular complexity index is 260. The predicted molar refractivity (Wildman–Crippen MR) is 46.5 cm³/mol. The Morgan fingerprint density at radius 3 is 2.25 bits per heavy atom. The van der Waals surface area contributed by atoms with Gasteiger partial charge in [-0.1, -0.05) is 12.1 Å². The normalized spacial score (nSPS) is 8.75. The number of carbonyl (C=O) groups excluding carboxylic acids is 1. The molecule has 0 aliphatic carbocycles. The zero-order valence-electron chi connectivity index (χ0n) is 6.29. The molecule has 0 saturated carbocycles. The zero-order valence-corrected chi connectivity index (χ0v) is 7.10. The number of benzene rings is 1. The lowest BCUT2D eigenvalue weighted by Crippen LogP contribution is -2.13. The van der Waals surface area contributed by atoms with Crippen molar-refractivity contribution in [3.05, 3.63) is 35.6 Å². The van der Waals surface area contributed by atoms with Crippen LogP contribution in [0.15, 0.2) is 24.3 Å². The summed E-state index contributed by atoms with van der Waals surface area (Å²) in [4.78, 5) is 10.4. The molecule has 0 aliphatic heterocycles. The number of amides is 1. The van der Waals surface area contributed by atoms with Crippen LogP contribution >= 0.6 is 12.4 Å². The Hall–Kier alpha value is -1.09. The van der Waals surface area contributed by atoms with Crippen LogP contribution < -0.4 is 5.73 Å². The van der Waals surface area contributed by atoms with Crippen molar-refractivity contribution in [2.45, 2.75) is 6.42 Å². The zero-order chi connectivity index (χ0) is 8.27. The molecule has 0 aliphatic rings. The largest absolute Gasteiger partial charge is 0.369 e. The molecule has 1 amide bonds. The molecular weight excluding hydrogens is 181 g/mol. The predicted octanol–water partition coefficient (Wildman–Crippen LogP) is 1.28. The smallest absolute Gasteiger partial charge is 0.221 e. The highest BCUT2D eigenvalue weighted by Crippen LogP contribution is 2.02. The molecule has 0 bridgehead atoms. The van der Waals surface area contributed by atoms with Crippen LogP contribution in [-0.2, 0) is 11.2 Å². The van der Waals surface area contributed by atoms with E-state index in [-0.39, 0.29) is 24.6 Å². The van der Waals surface area contributed by atoms with Gasteiger partial charge in [-0.15, -0.1) is 12.4 Å². The van der Waals surface area contributed by atoms with E-state index in [1.807, 2.05) is 0 Å². The van der Waals surface area contributed by atoms with E-state index in [4.69, 9.17) is 5.73 Å². The fourth-order valence-electron chi connectivity index (χ4n) is 0.803. The molecule has 2 nitrogen and oxygen atoms in total. The van der Waals surface area contributed by atoms with E-state index in [1.165, 1.54) is 12.1 Å². The van der Waals surface area contributed by atoms with E-state index in [9.17, 15) is 9.18 Å². The minimum atomic E-state index is -0.406. The Morgan fingerprint density at radius 2 is 1.83 bits per heavy atom. The fourth-order valence-corrected chi connectivity index (χ4v) is 0.803. The Labute approximate surface area is 76.0 Å². The summed E-state index contributed by atoms with van der Waals surface area (Å²) in [5.74, 6) is -0.713. The minimum Gasteiger partial charge on any atom is -0.369 e. The molecule has 0 fully saturated rings. The molecule has 1 aromatic carbocycles. The molecule has 0 saturated heterocycles. The van der Waals surface area contributed by atoms with Crippen molar-refractivity contribution in [1.82, 2.24) is 0 Å². The number of halogens is 2. The number of nitrogens with two attached hydrogens (primary N) is 1. The Kier molecular flexibility index (Phi) is 4.29. The maximum absolute atomic E-state index is 12.3. The standard InChI is InChI=1S/C8H8FNO.ClH/c9-7-3-1-6(2-4-7)5-8(10)11;/h1-4H,5H2,(H2,10,11);1H. The molecular formula is C8H9ClFNO. The van der Waals surface area contributed by atoms with Gasteiger partial charge in [-0.3, -0.25) is 4.79 Å². The molecule has 0 unspecified atom stereocenters. The molecule has 0 spiro atoms. The van der Waals surface area contributed by atoms with Crippen molar-refractivity contribution in [1.29, 1.82) is 0 Å². The van der Waals surface area contributed by atoms with Crippen molar-refractivity contribution in [2.24, 2.45) is 5.73 Å². The summed E-state index contributed by atoms with van der Waals surface area (Å²) in [5.41, 5.74) is 5.66. The maximum Gasteiger partial charge on any atom is 0.221 e. The van der Waals surface area contributed by atoms with Crippen molar-refractivity contribution in [3.8, 4) is 0 Å². The lowest BCUT2D eigenvalue weighted by molar-refractivity contribution is -0.117. The van der Waals surface area contributed by atoms with Crippen LogP contribution in [0.1, 0.15) is 5.56 Å². The van der Waals surface area contributed by atoms with Crippen molar-refractivity contribution in [3.63, 3.8) is 0 Å². The summed E-state index contributed by atoms with van der Waals surface area (Å²) in [5, 5.41) is 0. The van der Waals surface area contributed by atoms with Crippen LogP contribution in [0.3, 0.4) is 0 Å². The summed E-state index contributed by atoms with van der Waals surface area (Å²) in [7, 11) is 0. The molecule has 2 N–H and O–H groups in total. The van der Waals surface area contributed by atoms with E-state index in [0.717, 1.165) is 5.56 Å². The van der Waals surface area contributed by atoms with Gasteiger partial charge >= 0.3 is 0 Å². The third-order valence-electron chi connectivity index (χ3n) is 1.29. The lowest BCUT2D eigenvalue weighted by Gasteiger charge is -1.95. The van der Waals surface area contributed by atoms with Gasteiger partial charge in [0.25, 0.3) is 0 Å². The summed E-state index contributed by atoms with van der Waals surface area (Å²) in [6.07, 6.45) is 0.167. The van der Waals surface area contributed by atoms with Crippen LogP contribution in [0.4, 0.5) is 4.39 Å². The SMILES string of the molecule is Cl.NC(=O)Cc1ccc(F)cc1. The third kappa shape index (κ3) is 3.34. The number of hydrogen-bond donors (Lipinski definition) is 1. The van der Waals surface area contributed by atoms with Gasteiger partial charge in [-0.25, -0.2) is 4.39 Å². The van der Waals surface area contributed by atoms with Crippen LogP contribution in [0.25, 0.3) is 0 Å². The quantitative estimate of drug-likeness (QED) is 0.748. The van der Waals surface area contributed by atoms with Gasteiger partial charge in [0, 0.05) is 0 Å². The van der Waals surface area contributed by atoms with Gasteiger partial charge in [0.05, 0.1) is 6.42 Å². The first kappa shape index (κ1) is 10.9. The van der Waals surface area contributed by atoms with Gasteiger partial charge in [-0.2, -0.15) is 0 Å². The van der Waals surface area contributed by atoms with Crippen LogP contribution in [0.5, 0.6) is 0 Å². The average molecular weight is 190 g/mol. The molecule has 1 rings (SSSR count). The van der Waals surface area contributed by atoms with E-state index < -0.39 is 5.91 Å². The molecule has 1 aromatic rings. The second-order valence-electron chi connectivity index (χ2n) is 2.27. The Balaban J connectivity index is 0.00000121. The summed E-state index contributed by atoms with van der Waals surface area (Å²) < 4.78 is 12.3. The molecule has 0 heterocycles. The average Bonchev–Trinajstić information content (AvgIpc) is 1.93. The van der Waals surface area contributed by atoms with Crippen molar-refractivity contribution >= 4 is 18.3 Å². The highest BCUT2D eigenvalue weighted by atomic mass is 35.5. The van der Waals surface area contributed by atoms with Crippen molar-refractivity contribution in [2.75, 3.05) is 0 Å². The van der Waals surface area contributed by atoms with E-state index in [1.54, 1.807) is 12.1 Å². The highest BCUT2D eigenvalue weighted by Gasteiger charge is 1.97. The first-order chi connectivity index (χ1) is 5.18. The minimum absolute atomic E-state index is 0. The fraction of sp³-hybridized carbons (Fsp3) is 0.125. The summed E-state index contributed by atoms with van der Waals surface area (Å²) in [6, 6.07) is 5.69. The molecule has 0 radical (unpaired) electrons. The van der Waals surface area contributed by atoms with Crippen LogP contribution in [0.2, 0.25) is 0 Å². The second-order valence-corrected chi connectivity index (χ2v) is 2.27. The first-order valence-corrected chi connectivity index (χ1v) is 3.21. The topological polar surface area (TPSA) is 43.1 Å². The van der Waals surface area contributed by atoms with Crippen LogP contribution in [0, 0.1) is 5.82 Å². The van der Waals surface area contributed by atoms with Gasteiger partial charge < -0.3 is 5.73 Å². The first-order valence-electron chi connectivity index (χ1n) is 3.21.